The van der Waals surface area contributed by atoms with Crippen molar-refractivity contribution < 1.29 is 9.59 Å². The second-order valence-corrected chi connectivity index (χ2v) is 8.19. The molecule has 114 valence electrons. The van der Waals surface area contributed by atoms with Crippen molar-refractivity contribution in [3.8, 4) is 0 Å². The first-order valence-electron chi connectivity index (χ1n) is 7.38. The average molecular weight is 324 g/mol. The molecule has 0 aromatic carbocycles. The topological polar surface area (TPSA) is 49.4 Å². The van der Waals surface area contributed by atoms with E-state index in [4.69, 9.17) is 0 Å². The van der Waals surface area contributed by atoms with Crippen LogP contribution in [0.4, 0.5) is 4.79 Å². The Morgan fingerprint density at radius 3 is 2.67 bits per heavy atom. The molecule has 1 unspecified atom stereocenters. The van der Waals surface area contributed by atoms with Gasteiger partial charge >= 0.3 is 6.03 Å². The van der Waals surface area contributed by atoms with Crippen LogP contribution in [0.25, 0.3) is 0 Å². The van der Waals surface area contributed by atoms with Crippen molar-refractivity contribution in [2.24, 2.45) is 5.92 Å². The molecule has 2 amide bonds. The zero-order valence-corrected chi connectivity index (χ0v) is 13.9. The second kappa shape index (κ2) is 6.08. The standard InChI is InChI=1S/C15H20N2O2S2/c1-9-3-5-10(6-4-9)16-15(19)17(2)13-7-11-12(20-13)8-14(18)21-11/h7-10,13H,3-6H2,1-2H3,(H,16,19). The molecule has 0 aromatic rings. The molecule has 1 atom stereocenters. The second-order valence-electron chi connectivity index (χ2n) is 5.99. The maximum atomic E-state index is 12.3. The third-order valence-electron chi connectivity index (χ3n) is 4.29. The van der Waals surface area contributed by atoms with Crippen molar-refractivity contribution in [1.82, 2.24) is 10.2 Å². The van der Waals surface area contributed by atoms with Crippen LogP contribution in [0.3, 0.4) is 0 Å². The van der Waals surface area contributed by atoms with Crippen molar-refractivity contribution in [3.05, 3.63) is 22.0 Å². The summed E-state index contributed by atoms with van der Waals surface area (Å²) in [6.45, 7) is 2.27. The van der Waals surface area contributed by atoms with E-state index in [1.165, 1.54) is 24.6 Å². The Hall–Kier alpha value is -0.880. The lowest BCUT2D eigenvalue weighted by molar-refractivity contribution is -0.106. The molecular formula is C15H20N2O2S2. The molecule has 0 spiro atoms. The highest BCUT2D eigenvalue weighted by molar-refractivity contribution is 8.20. The van der Waals surface area contributed by atoms with Crippen LogP contribution in [-0.4, -0.2) is 34.5 Å². The van der Waals surface area contributed by atoms with Crippen LogP contribution in [0.1, 0.15) is 32.6 Å². The Morgan fingerprint density at radius 2 is 2.00 bits per heavy atom. The van der Waals surface area contributed by atoms with Gasteiger partial charge in [0.05, 0.1) is 0 Å². The Labute approximate surface area is 133 Å². The summed E-state index contributed by atoms with van der Waals surface area (Å²) in [7, 11) is 1.82. The highest BCUT2D eigenvalue weighted by atomic mass is 32.2. The molecule has 1 saturated carbocycles. The summed E-state index contributed by atoms with van der Waals surface area (Å²) < 4.78 is 0. The van der Waals surface area contributed by atoms with Crippen molar-refractivity contribution in [2.75, 3.05) is 7.05 Å². The fourth-order valence-corrected chi connectivity index (χ4v) is 5.11. The minimum atomic E-state index is -0.0131. The van der Waals surface area contributed by atoms with Crippen LogP contribution in [0.5, 0.6) is 0 Å². The molecule has 1 N–H and O–H groups in total. The average Bonchev–Trinajstić information content (AvgIpc) is 2.97. The monoisotopic (exact) mass is 324 g/mol. The number of urea groups is 1. The summed E-state index contributed by atoms with van der Waals surface area (Å²) in [5, 5.41) is 3.23. The molecule has 3 aliphatic rings. The normalized spacial score (nSPS) is 31.5. The first kappa shape index (κ1) is 15.0. The van der Waals surface area contributed by atoms with E-state index in [1.54, 1.807) is 22.7 Å². The lowest BCUT2D eigenvalue weighted by atomic mass is 9.87. The molecule has 0 aromatic heterocycles. The van der Waals surface area contributed by atoms with E-state index in [1.807, 2.05) is 13.1 Å². The number of nitrogens with one attached hydrogen (secondary N) is 1. The quantitative estimate of drug-likeness (QED) is 0.846. The number of likely N-dealkylation sites (N-methyl/N-ethyl adjacent to an activating group) is 1. The number of thioether (sulfide) groups is 2. The van der Waals surface area contributed by atoms with E-state index < -0.39 is 0 Å². The maximum Gasteiger partial charge on any atom is 0.318 e. The van der Waals surface area contributed by atoms with Crippen LogP contribution in [0, 0.1) is 5.92 Å². The molecule has 0 radical (unpaired) electrons. The summed E-state index contributed by atoms with van der Waals surface area (Å²) >= 11 is 2.83. The van der Waals surface area contributed by atoms with Gasteiger partial charge in [0.2, 0.25) is 5.12 Å². The van der Waals surface area contributed by atoms with E-state index in [-0.39, 0.29) is 16.5 Å². The number of hydrogen-bond acceptors (Lipinski definition) is 4. The first-order valence-corrected chi connectivity index (χ1v) is 9.08. The Bertz CT molecular complexity index is 522. The van der Waals surface area contributed by atoms with Crippen LogP contribution in [0.15, 0.2) is 22.0 Å². The van der Waals surface area contributed by atoms with E-state index in [0.717, 1.165) is 28.6 Å². The largest absolute Gasteiger partial charge is 0.335 e. The van der Waals surface area contributed by atoms with Gasteiger partial charge in [-0.25, -0.2) is 4.79 Å². The minimum Gasteiger partial charge on any atom is -0.335 e. The van der Waals surface area contributed by atoms with Gasteiger partial charge in [-0.3, -0.25) is 4.79 Å². The zero-order chi connectivity index (χ0) is 15.0. The first-order chi connectivity index (χ1) is 10.0. The lowest BCUT2D eigenvalue weighted by Gasteiger charge is -2.30. The fourth-order valence-electron chi connectivity index (χ4n) is 2.86. The number of amides is 2. The number of carbonyl (C=O) groups excluding carboxylic acids is 2. The lowest BCUT2D eigenvalue weighted by Crippen LogP contribution is -2.46. The molecule has 2 aliphatic heterocycles. The molecule has 3 rings (SSSR count). The number of rotatable bonds is 2. The Balaban J connectivity index is 1.54. The molecule has 0 bridgehead atoms. The van der Waals surface area contributed by atoms with E-state index in [0.29, 0.717) is 6.04 Å². The predicted molar refractivity (Wildman–Crippen MR) is 87.9 cm³/mol. The molecule has 4 nitrogen and oxygen atoms in total. The SMILES string of the molecule is CC1CCC(NC(=O)N(C)C2C=C3SC(=O)C=C3S2)CC1. The van der Waals surface area contributed by atoms with Crippen LogP contribution in [-0.2, 0) is 4.79 Å². The number of nitrogens with zero attached hydrogens (tertiary/aromatic N) is 1. The van der Waals surface area contributed by atoms with Crippen molar-refractivity contribution in [2.45, 2.75) is 44.0 Å². The van der Waals surface area contributed by atoms with Gasteiger partial charge in [-0.2, -0.15) is 0 Å². The van der Waals surface area contributed by atoms with Gasteiger partial charge in [-0.1, -0.05) is 18.7 Å². The van der Waals surface area contributed by atoms with Gasteiger partial charge < -0.3 is 10.2 Å². The molecule has 2 heterocycles. The van der Waals surface area contributed by atoms with Gasteiger partial charge in [0, 0.05) is 29.0 Å². The van der Waals surface area contributed by atoms with Gasteiger partial charge in [0.15, 0.2) is 0 Å². The van der Waals surface area contributed by atoms with Crippen molar-refractivity contribution in [3.63, 3.8) is 0 Å². The maximum absolute atomic E-state index is 12.3. The Kier molecular flexibility index (Phi) is 4.36. The fraction of sp³-hybridized carbons (Fsp3) is 0.600. The van der Waals surface area contributed by atoms with E-state index in [9.17, 15) is 9.59 Å². The Morgan fingerprint density at radius 1 is 1.29 bits per heavy atom. The summed E-state index contributed by atoms with van der Waals surface area (Å²) in [6.07, 6.45) is 8.22. The third kappa shape index (κ3) is 3.31. The van der Waals surface area contributed by atoms with Gasteiger partial charge in [-0.05, 0) is 49.4 Å². The van der Waals surface area contributed by atoms with Crippen LogP contribution in [0.2, 0.25) is 0 Å². The van der Waals surface area contributed by atoms with Gasteiger partial charge in [0.25, 0.3) is 0 Å². The molecule has 1 aliphatic carbocycles. The van der Waals surface area contributed by atoms with Gasteiger partial charge in [0.1, 0.15) is 5.37 Å². The highest BCUT2D eigenvalue weighted by Crippen LogP contribution is 2.47. The highest BCUT2D eigenvalue weighted by Gasteiger charge is 2.33. The summed E-state index contributed by atoms with van der Waals surface area (Å²) in [6, 6.07) is 0.297. The third-order valence-corrected chi connectivity index (χ3v) is 6.60. The summed E-state index contributed by atoms with van der Waals surface area (Å²) in [5.74, 6) is 0.784. The van der Waals surface area contributed by atoms with E-state index >= 15 is 0 Å². The molecule has 21 heavy (non-hydrogen) atoms. The summed E-state index contributed by atoms with van der Waals surface area (Å²) in [5.41, 5.74) is 0. The molecule has 1 fully saturated rings. The number of hydrogen-bond donors (Lipinski definition) is 1. The van der Waals surface area contributed by atoms with Crippen molar-refractivity contribution in [1.29, 1.82) is 0 Å². The zero-order valence-electron chi connectivity index (χ0n) is 12.3. The molecular weight excluding hydrogens is 304 g/mol. The minimum absolute atomic E-state index is 0.00522. The summed E-state index contributed by atoms with van der Waals surface area (Å²) in [4.78, 5) is 27.4. The van der Waals surface area contributed by atoms with Crippen molar-refractivity contribution >= 4 is 34.7 Å². The predicted octanol–water partition coefficient (Wildman–Crippen LogP) is 3.32. The van der Waals surface area contributed by atoms with E-state index in [2.05, 4.69) is 12.2 Å². The van der Waals surface area contributed by atoms with Crippen LogP contribution < -0.4 is 5.32 Å². The molecule has 0 saturated heterocycles. The van der Waals surface area contributed by atoms with Crippen LogP contribution >= 0.6 is 23.5 Å². The number of fused-ring (bicyclic) bond motifs is 1. The molecule has 6 heteroatoms. The number of carbonyl (C=O) groups is 2. The van der Waals surface area contributed by atoms with Gasteiger partial charge in [-0.15, -0.1) is 0 Å². The smallest absolute Gasteiger partial charge is 0.318 e.